The number of benzene rings is 1. The van der Waals surface area contributed by atoms with Crippen LogP contribution in [0.3, 0.4) is 0 Å². The van der Waals surface area contributed by atoms with Crippen molar-refractivity contribution in [2.45, 2.75) is 26.1 Å². The lowest BCUT2D eigenvalue weighted by molar-refractivity contribution is -0.384. The number of hydrogen-bond acceptors (Lipinski definition) is 7. The first-order valence-electron chi connectivity index (χ1n) is 6.84. The molecule has 0 saturated carbocycles. The van der Waals surface area contributed by atoms with Crippen molar-refractivity contribution in [2.24, 2.45) is 4.99 Å². The number of ether oxygens (including phenoxy) is 3. The quantitative estimate of drug-likeness (QED) is 0.199. The standard InChI is InChI=1S/C14H16N2O6/c1-3-20-13(11-12(22-11)14(17)21-4-2)15-9-5-7-10(8-6-9)16(18)19/h5-8,11-12H,3-4H2,1-2H3. The summed E-state index contributed by atoms with van der Waals surface area (Å²) in [4.78, 5) is 25.9. The van der Waals surface area contributed by atoms with Crippen LogP contribution in [0.4, 0.5) is 11.4 Å². The van der Waals surface area contributed by atoms with Crippen LogP contribution in [0.25, 0.3) is 0 Å². The van der Waals surface area contributed by atoms with E-state index < -0.39 is 23.1 Å². The van der Waals surface area contributed by atoms with Crippen LogP contribution >= 0.6 is 0 Å². The maximum absolute atomic E-state index is 11.6. The lowest BCUT2D eigenvalue weighted by Gasteiger charge is -2.04. The van der Waals surface area contributed by atoms with Gasteiger partial charge in [-0.15, -0.1) is 0 Å². The molecule has 1 fully saturated rings. The molecule has 1 saturated heterocycles. The molecule has 0 N–H and O–H groups in total. The lowest BCUT2D eigenvalue weighted by Crippen LogP contribution is -2.20. The van der Waals surface area contributed by atoms with E-state index in [4.69, 9.17) is 14.2 Å². The fraction of sp³-hybridized carbons (Fsp3) is 0.429. The Balaban J connectivity index is 2.11. The summed E-state index contributed by atoms with van der Waals surface area (Å²) in [6, 6.07) is 5.69. The van der Waals surface area contributed by atoms with E-state index in [1.165, 1.54) is 24.3 Å². The van der Waals surface area contributed by atoms with Crippen molar-refractivity contribution in [1.29, 1.82) is 0 Å². The highest BCUT2D eigenvalue weighted by molar-refractivity contribution is 5.94. The predicted octanol–water partition coefficient (Wildman–Crippen LogP) is 1.99. The monoisotopic (exact) mass is 308 g/mol. The van der Waals surface area contributed by atoms with Gasteiger partial charge in [-0.1, -0.05) is 0 Å². The van der Waals surface area contributed by atoms with E-state index in [0.717, 1.165) is 0 Å². The Hall–Kier alpha value is -2.48. The number of nitro groups is 1. The van der Waals surface area contributed by atoms with Gasteiger partial charge in [0.2, 0.25) is 5.90 Å². The van der Waals surface area contributed by atoms with Crippen molar-refractivity contribution >= 4 is 23.2 Å². The Morgan fingerprint density at radius 2 is 1.86 bits per heavy atom. The number of esters is 1. The Kier molecular flexibility index (Phi) is 5.05. The van der Waals surface area contributed by atoms with Crippen LogP contribution in [0.15, 0.2) is 29.3 Å². The van der Waals surface area contributed by atoms with Gasteiger partial charge in [-0.05, 0) is 26.0 Å². The molecule has 0 bridgehead atoms. The third kappa shape index (κ3) is 3.79. The normalized spacial score (nSPS) is 20.4. The van der Waals surface area contributed by atoms with Crippen LogP contribution in [0, 0.1) is 10.1 Å². The van der Waals surface area contributed by atoms with Crippen molar-refractivity contribution in [3.05, 3.63) is 34.4 Å². The van der Waals surface area contributed by atoms with Crippen molar-refractivity contribution in [2.75, 3.05) is 13.2 Å². The fourth-order valence-electron chi connectivity index (χ4n) is 1.81. The lowest BCUT2D eigenvalue weighted by atomic mass is 10.2. The smallest absolute Gasteiger partial charge is 0.338 e. The Morgan fingerprint density at radius 3 is 2.41 bits per heavy atom. The third-order valence-electron chi connectivity index (χ3n) is 2.85. The molecule has 0 aliphatic carbocycles. The second-order valence-electron chi connectivity index (χ2n) is 4.39. The van der Waals surface area contributed by atoms with Gasteiger partial charge < -0.3 is 14.2 Å². The minimum absolute atomic E-state index is 0.0241. The second kappa shape index (κ2) is 6.99. The summed E-state index contributed by atoms with van der Waals surface area (Å²) in [7, 11) is 0. The zero-order valence-electron chi connectivity index (χ0n) is 12.2. The molecule has 8 nitrogen and oxygen atoms in total. The van der Waals surface area contributed by atoms with Gasteiger partial charge in [0.25, 0.3) is 5.69 Å². The Bertz CT molecular complexity index is 584. The number of rotatable bonds is 6. The first kappa shape index (κ1) is 15.9. The average Bonchev–Trinajstić information content (AvgIpc) is 3.28. The molecular formula is C14H16N2O6. The summed E-state index contributed by atoms with van der Waals surface area (Å²) in [5, 5.41) is 10.6. The van der Waals surface area contributed by atoms with E-state index in [1.54, 1.807) is 13.8 Å². The number of aliphatic imine (C=N–C) groups is 1. The fourth-order valence-corrected chi connectivity index (χ4v) is 1.81. The number of non-ortho nitro benzene ring substituents is 1. The van der Waals surface area contributed by atoms with Crippen molar-refractivity contribution in [3.8, 4) is 0 Å². The zero-order valence-corrected chi connectivity index (χ0v) is 12.2. The van der Waals surface area contributed by atoms with E-state index >= 15 is 0 Å². The summed E-state index contributed by atoms with van der Waals surface area (Å²) < 4.78 is 15.5. The van der Waals surface area contributed by atoms with Gasteiger partial charge in [-0.25, -0.2) is 9.79 Å². The number of nitro benzene ring substituents is 1. The highest BCUT2D eigenvalue weighted by atomic mass is 16.7. The van der Waals surface area contributed by atoms with Gasteiger partial charge in [0.05, 0.1) is 23.8 Å². The maximum Gasteiger partial charge on any atom is 0.338 e. The topological polar surface area (TPSA) is 104 Å². The molecule has 0 aromatic heterocycles. The van der Waals surface area contributed by atoms with E-state index in [1.807, 2.05) is 0 Å². The minimum Gasteiger partial charge on any atom is -0.479 e. The molecule has 118 valence electrons. The molecule has 0 radical (unpaired) electrons. The molecule has 1 aliphatic rings. The van der Waals surface area contributed by atoms with Gasteiger partial charge in [-0.2, -0.15) is 0 Å². The van der Waals surface area contributed by atoms with E-state index in [2.05, 4.69) is 4.99 Å². The van der Waals surface area contributed by atoms with E-state index in [0.29, 0.717) is 12.3 Å². The van der Waals surface area contributed by atoms with Gasteiger partial charge in [0.15, 0.2) is 12.2 Å². The van der Waals surface area contributed by atoms with Crippen LogP contribution < -0.4 is 0 Å². The van der Waals surface area contributed by atoms with E-state index in [-0.39, 0.29) is 18.2 Å². The van der Waals surface area contributed by atoms with Crippen molar-refractivity contribution < 1.29 is 23.9 Å². The summed E-state index contributed by atoms with van der Waals surface area (Å²) in [6.45, 7) is 4.13. The molecule has 0 amide bonds. The molecule has 8 heteroatoms. The van der Waals surface area contributed by atoms with Crippen LogP contribution in [0.1, 0.15) is 13.8 Å². The Labute approximate surface area is 126 Å². The number of carbonyl (C=O) groups excluding carboxylic acids is 1. The zero-order chi connectivity index (χ0) is 16.1. The van der Waals surface area contributed by atoms with Crippen molar-refractivity contribution in [1.82, 2.24) is 0 Å². The molecule has 1 heterocycles. The highest BCUT2D eigenvalue weighted by Crippen LogP contribution is 2.28. The maximum atomic E-state index is 11.6. The molecule has 1 aromatic carbocycles. The first-order valence-corrected chi connectivity index (χ1v) is 6.84. The van der Waals surface area contributed by atoms with Gasteiger partial charge in [0.1, 0.15) is 0 Å². The van der Waals surface area contributed by atoms with E-state index in [9.17, 15) is 14.9 Å². The SMILES string of the molecule is CCOC(=O)C1OC1C(=Nc1ccc([N+](=O)[O-])cc1)OCC. The summed E-state index contributed by atoms with van der Waals surface area (Å²) >= 11 is 0. The first-order chi connectivity index (χ1) is 10.6. The Morgan fingerprint density at radius 1 is 1.23 bits per heavy atom. The number of carbonyl (C=O) groups is 1. The van der Waals surface area contributed by atoms with Crippen molar-refractivity contribution in [3.63, 3.8) is 0 Å². The number of epoxide rings is 1. The second-order valence-corrected chi connectivity index (χ2v) is 4.39. The van der Waals surface area contributed by atoms with Crippen LogP contribution in [0.5, 0.6) is 0 Å². The van der Waals surface area contributed by atoms with Crippen LogP contribution in [0.2, 0.25) is 0 Å². The van der Waals surface area contributed by atoms with Gasteiger partial charge in [-0.3, -0.25) is 10.1 Å². The third-order valence-corrected chi connectivity index (χ3v) is 2.85. The predicted molar refractivity (Wildman–Crippen MR) is 77.1 cm³/mol. The molecule has 0 spiro atoms. The van der Waals surface area contributed by atoms with Gasteiger partial charge >= 0.3 is 5.97 Å². The largest absolute Gasteiger partial charge is 0.479 e. The minimum atomic E-state index is -0.705. The van der Waals surface area contributed by atoms with Gasteiger partial charge in [0, 0.05) is 12.1 Å². The highest BCUT2D eigenvalue weighted by Gasteiger charge is 2.51. The number of hydrogen-bond donors (Lipinski definition) is 0. The average molecular weight is 308 g/mol. The molecule has 1 aliphatic heterocycles. The molecule has 22 heavy (non-hydrogen) atoms. The molecule has 2 unspecified atom stereocenters. The summed E-state index contributed by atoms with van der Waals surface area (Å²) in [5.41, 5.74) is 0.455. The molecule has 2 rings (SSSR count). The number of nitrogens with zero attached hydrogens (tertiary/aromatic N) is 2. The summed E-state index contributed by atoms with van der Waals surface area (Å²) in [5.74, 6) is -0.196. The molecule has 1 aromatic rings. The van der Waals surface area contributed by atoms with Crippen LogP contribution in [-0.4, -0.2) is 42.2 Å². The summed E-state index contributed by atoms with van der Waals surface area (Å²) in [6.07, 6.45) is -1.28. The van der Waals surface area contributed by atoms with Crippen LogP contribution in [-0.2, 0) is 19.0 Å². The molecule has 2 atom stereocenters. The molecular weight excluding hydrogens is 292 g/mol.